The van der Waals surface area contributed by atoms with Gasteiger partial charge in [0.15, 0.2) is 0 Å². The van der Waals surface area contributed by atoms with Crippen LogP contribution in [0.2, 0.25) is 0 Å². The summed E-state index contributed by atoms with van der Waals surface area (Å²) in [6, 6.07) is 9.05. The number of fused-ring (bicyclic) bond motifs is 2. The third-order valence-electron chi connectivity index (χ3n) is 4.24. The van der Waals surface area contributed by atoms with Crippen LogP contribution in [0.1, 0.15) is 18.4 Å². The van der Waals surface area contributed by atoms with E-state index < -0.39 is 12.0 Å². The maximum Gasteiger partial charge on any atom is 0.407 e. The standard InChI is InChI=1S/C16H19NO5/c1-20-15(18)13-11-7-8-12(22-11)14(13)17-16(19)21-9-10-5-3-2-4-6-10/h2-6,11-14H,7-9H2,1H3,(H,17,19)/t11-,12+,13+,14+/m0/s1. The number of amides is 1. The van der Waals surface area contributed by atoms with Crippen molar-refractivity contribution < 1.29 is 23.8 Å². The number of benzene rings is 1. The number of hydrogen-bond donors (Lipinski definition) is 1. The molecule has 0 aromatic heterocycles. The minimum Gasteiger partial charge on any atom is -0.469 e. The molecule has 1 amide bonds. The van der Waals surface area contributed by atoms with Gasteiger partial charge in [-0.25, -0.2) is 4.79 Å². The van der Waals surface area contributed by atoms with Crippen LogP contribution in [0, 0.1) is 5.92 Å². The molecule has 0 saturated carbocycles. The van der Waals surface area contributed by atoms with Crippen molar-refractivity contribution in [3.63, 3.8) is 0 Å². The number of alkyl carbamates (subject to hydrolysis) is 1. The normalized spacial score (nSPS) is 29.1. The molecule has 0 radical (unpaired) electrons. The Kier molecular flexibility index (Phi) is 4.29. The van der Waals surface area contributed by atoms with Gasteiger partial charge in [0.25, 0.3) is 0 Å². The Hall–Kier alpha value is -2.08. The molecule has 0 spiro atoms. The van der Waals surface area contributed by atoms with E-state index in [-0.39, 0.29) is 30.8 Å². The van der Waals surface area contributed by atoms with Crippen molar-refractivity contribution in [2.45, 2.75) is 37.7 Å². The lowest BCUT2D eigenvalue weighted by Gasteiger charge is -2.26. The first-order chi connectivity index (χ1) is 10.7. The van der Waals surface area contributed by atoms with Crippen LogP contribution in [0.15, 0.2) is 30.3 Å². The fraction of sp³-hybridized carbons (Fsp3) is 0.500. The van der Waals surface area contributed by atoms with Crippen LogP contribution in [-0.2, 0) is 25.6 Å². The maximum atomic E-state index is 12.0. The number of carbonyl (C=O) groups excluding carboxylic acids is 2. The van der Waals surface area contributed by atoms with Gasteiger partial charge in [0.2, 0.25) is 0 Å². The van der Waals surface area contributed by atoms with Crippen molar-refractivity contribution in [1.29, 1.82) is 0 Å². The Morgan fingerprint density at radius 2 is 1.95 bits per heavy atom. The predicted octanol–water partition coefficient (Wildman–Crippen LogP) is 1.63. The second-order valence-corrected chi connectivity index (χ2v) is 5.57. The average Bonchev–Trinajstić information content (AvgIpc) is 3.14. The molecule has 118 valence electrons. The van der Waals surface area contributed by atoms with Crippen molar-refractivity contribution >= 4 is 12.1 Å². The van der Waals surface area contributed by atoms with Gasteiger partial charge in [-0.05, 0) is 18.4 Å². The zero-order valence-electron chi connectivity index (χ0n) is 12.4. The van der Waals surface area contributed by atoms with E-state index in [9.17, 15) is 9.59 Å². The van der Waals surface area contributed by atoms with Crippen LogP contribution in [-0.4, -0.2) is 37.4 Å². The molecule has 22 heavy (non-hydrogen) atoms. The molecule has 2 fully saturated rings. The van der Waals surface area contributed by atoms with Crippen LogP contribution in [0.3, 0.4) is 0 Å². The van der Waals surface area contributed by atoms with E-state index >= 15 is 0 Å². The molecule has 0 unspecified atom stereocenters. The Balaban J connectivity index is 1.57. The van der Waals surface area contributed by atoms with E-state index in [1.165, 1.54) is 7.11 Å². The molecule has 4 atom stereocenters. The number of rotatable bonds is 4. The second-order valence-electron chi connectivity index (χ2n) is 5.57. The highest BCUT2D eigenvalue weighted by Crippen LogP contribution is 2.39. The second kappa shape index (κ2) is 6.36. The molecular weight excluding hydrogens is 286 g/mol. The fourth-order valence-electron chi connectivity index (χ4n) is 3.20. The first-order valence-electron chi connectivity index (χ1n) is 7.39. The summed E-state index contributed by atoms with van der Waals surface area (Å²) < 4.78 is 15.7. The first kappa shape index (κ1) is 14.8. The van der Waals surface area contributed by atoms with E-state index in [2.05, 4.69) is 5.32 Å². The molecule has 2 aliphatic heterocycles. The van der Waals surface area contributed by atoms with Crippen LogP contribution < -0.4 is 5.32 Å². The van der Waals surface area contributed by atoms with Crippen LogP contribution in [0.5, 0.6) is 0 Å². The molecular formula is C16H19NO5. The van der Waals surface area contributed by atoms with Gasteiger partial charge in [0, 0.05) is 0 Å². The zero-order valence-corrected chi connectivity index (χ0v) is 12.4. The van der Waals surface area contributed by atoms with E-state index in [4.69, 9.17) is 14.2 Å². The smallest absolute Gasteiger partial charge is 0.407 e. The summed E-state index contributed by atoms with van der Waals surface area (Å²) >= 11 is 0. The fourth-order valence-corrected chi connectivity index (χ4v) is 3.20. The maximum absolute atomic E-state index is 12.0. The summed E-state index contributed by atoms with van der Waals surface area (Å²) in [7, 11) is 1.35. The lowest BCUT2D eigenvalue weighted by molar-refractivity contribution is -0.147. The van der Waals surface area contributed by atoms with Crippen molar-refractivity contribution in [2.75, 3.05) is 7.11 Å². The largest absolute Gasteiger partial charge is 0.469 e. The lowest BCUT2D eigenvalue weighted by Crippen LogP contribution is -2.50. The number of nitrogens with one attached hydrogen (secondary N) is 1. The Morgan fingerprint density at radius 1 is 1.23 bits per heavy atom. The van der Waals surface area contributed by atoms with Gasteiger partial charge in [-0.15, -0.1) is 0 Å². The zero-order chi connectivity index (χ0) is 15.5. The van der Waals surface area contributed by atoms with Gasteiger partial charge < -0.3 is 19.5 Å². The van der Waals surface area contributed by atoms with Crippen LogP contribution >= 0.6 is 0 Å². The first-order valence-corrected chi connectivity index (χ1v) is 7.39. The number of methoxy groups -OCH3 is 1. The van der Waals surface area contributed by atoms with E-state index in [0.29, 0.717) is 0 Å². The molecule has 2 saturated heterocycles. The van der Waals surface area contributed by atoms with Gasteiger partial charge >= 0.3 is 12.1 Å². The molecule has 1 aromatic carbocycles. The molecule has 6 heteroatoms. The highest BCUT2D eigenvalue weighted by atomic mass is 16.6. The average molecular weight is 305 g/mol. The van der Waals surface area contributed by atoms with Crippen molar-refractivity contribution in [3.05, 3.63) is 35.9 Å². The van der Waals surface area contributed by atoms with Crippen LogP contribution in [0.4, 0.5) is 4.79 Å². The van der Waals surface area contributed by atoms with E-state index in [1.807, 2.05) is 30.3 Å². The van der Waals surface area contributed by atoms with Gasteiger partial charge in [-0.3, -0.25) is 4.79 Å². The van der Waals surface area contributed by atoms with E-state index in [1.54, 1.807) is 0 Å². The molecule has 1 aromatic rings. The summed E-state index contributed by atoms with van der Waals surface area (Å²) in [5.74, 6) is -0.798. The molecule has 2 heterocycles. The van der Waals surface area contributed by atoms with Gasteiger partial charge in [0.05, 0.1) is 25.4 Å². The topological polar surface area (TPSA) is 73.9 Å². The third kappa shape index (κ3) is 2.92. The highest BCUT2D eigenvalue weighted by Gasteiger charge is 2.53. The molecule has 6 nitrogen and oxygen atoms in total. The monoisotopic (exact) mass is 305 g/mol. The molecule has 3 rings (SSSR count). The Morgan fingerprint density at radius 3 is 2.68 bits per heavy atom. The number of carbonyl (C=O) groups is 2. The summed E-state index contributed by atoms with van der Waals surface area (Å²) in [4.78, 5) is 23.8. The Bertz CT molecular complexity index is 547. The minimum absolute atomic E-state index is 0.140. The van der Waals surface area contributed by atoms with Crippen LogP contribution in [0.25, 0.3) is 0 Å². The summed E-state index contributed by atoms with van der Waals surface area (Å²) in [6.07, 6.45) is 0.804. The van der Waals surface area contributed by atoms with Crippen molar-refractivity contribution in [1.82, 2.24) is 5.32 Å². The van der Waals surface area contributed by atoms with E-state index in [0.717, 1.165) is 18.4 Å². The number of esters is 1. The molecule has 2 bridgehead atoms. The number of hydrogen-bond acceptors (Lipinski definition) is 5. The molecule has 2 aliphatic rings. The summed E-state index contributed by atoms with van der Waals surface area (Å²) in [5, 5.41) is 2.76. The molecule has 1 N–H and O–H groups in total. The van der Waals surface area contributed by atoms with Gasteiger partial charge in [-0.2, -0.15) is 0 Å². The third-order valence-corrected chi connectivity index (χ3v) is 4.24. The highest BCUT2D eigenvalue weighted by molar-refractivity contribution is 5.76. The van der Waals surface area contributed by atoms with Gasteiger partial charge in [-0.1, -0.05) is 30.3 Å². The number of ether oxygens (including phenoxy) is 3. The quantitative estimate of drug-likeness (QED) is 0.856. The van der Waals surface area contributed by atoms with Crippen molar-refractivity contribution in [2.24, 2.45) is 5.92 Å². The predicted molar refractivity (Wildman–Crippen MR) is 77.0 cm³/mol. The van der Waals surface area contributed by atoms with Crippen molar-refractivity contribution in [3.8, 4) is 0 Å². The molecule has 0 aliphatic carbocycles. The summed E-state index contributed by atoms with van der Waals surface area (Å²) in [6.45, 7) is 0.192. The minimum atomic E-state index is -0.543. The Labute approximate surface area is 128 Å². The summed E-state index contributed by atoms with van der Waals surface area (Å²) in [5.41, 5.74) is 0.909. The SMILES string of the molecule is COC(=O)[C@H]1[C@H](NC(=O)OCc2ccccc2)[C@H]2CC[C@@H]1O2. The van der Waals surface area contributed by atoms with Gasteiger partial charge in [0.1, 0.15) is 12.5 Å². The lowest BCUT2D eigenvalue weighted by atomic mass is 9.84.